The summed E-state index contributed by atoms with van der Waals surface area (Å²) in [5.74, 6) is 1.34. The molecule has 3 nitrogen and oxygen atoms in total. The lowest BCUT2D eigenvalue weighted by Crippen LogP contribution is -2.68. The van der Waals surface area contributed by atoms with E-state index in [2.05, 4.69) is 48.7 Å². The minimum atomic E-state index is 0.572. The van der Waals surface area contributed by atoms with E-state index in [1.807, 2.05) is 11.3 Å². The maximum absolute atomic E-state index is 4.64. The fraction of sp³-hybridized carbons (Fsp3) is 0.857. The van der Waals surface area contributed by atoms with Crippen LogP contribution in [0.5, 0.6) is 0 Å². The second kappa shape index (κ2) is 6.94. The third-order valence-electron chi connectivity index (χ3n) is 7.11. The highest BCUT2D eigenvalue weighted by atomic mass is 32.1. The Labute approximate surface area is 157 Å². The van der Waals surface area contributed by atoms with Crippen LogP contribution >= 0.6 is 11.3 Å². The van der Waals surface area contributed by atoms with Crippen molar-refractivity contribution in [2.24, 2.45) is 5.41 Å². The van der Waals surface area contributed by atoms with Crippen molar-refractivity contribution in [3.05, 3.63) is 16.1 Å². The van der Waals surface area contributed by atoms with E-state index in [1.165, 1.54) is 68.2 Å². The number of rotatable bonds is 5. The van der Waals surface area contributed by atoms with Crippen molar-refractivity contribution in [1.29, 1.82) is 0 Å². The van der Waals surface area contributed by atoms with Gasteiger partial charge in [0.15, 0.2) is 0 Å². The van der Waals surface area contributed by atoms with Gasteiger partial charge >= 0.3 is 0 Å². The molecular weight excluding hydrogens is 326 g/mol. The Balaban J connectivity index is 1.23. The van der Waals surface area contributed by atoms with E-state index in [0.29, 0.717) is 11.3 Å². The highest BCUT2D eigenvalue weighted by Crippen LogP contribution is 2.51. The van der Waals surface area contributed by atoms with Crippen molar-refractivity contribution in [3.63, 3.8) is 0 Å². The Kier molecular flexibility index (Phi) is 4.98. The van der Waals surface area contributed by atoms with Gasteiger partial charge in [-0.2, -0.15) is 0 Å². The summed E-state index contributed by atoms with van der Waals surface area (Å²) in [6.45, 7) is 14.5. The van der Waals surface area contributed by atoms with E-state index >= 15 is 0 Å². The third-order valence-corrected chi connectivity index (χ3v) is 8.57. The van der Waals surface area contributed by atoms with Crippen molar-refractivity contribution in [2.75, 3.05) is 26.2 Å². The molecule has 1 saturated carbocycles. The number of piperidine rings is 1. The molecule has 3 fully saturated rings. The fourth-order valence-corrected chi connectivity index (χ4v) is 6.24. The number of thiazole rings is 1. The second-order valence-corrected chi connectivity index (χ2v) is 10.4. The summed E-state index contributed by atoms with van der Waals surface area (Å²) in [5, 5.41) is 1.31. The Morgan fingerprint density at radius 3 is 2.44 bits per heavy atom. The predicted molar refractivity (Wildman–Crippen MR) is 107 cm³/mol. The summed E-state index contributed by atoms with van der Waals surface area (Å²) in [6, 6.07) is 1.67. The molecule has 3 heterocycles. The van der Waals surface area contributed by atoms with Gasteiger partial charge in [-0.1, -0.05) is 20.8 Å². The number of likely N-dealkylation sites (tertiary alicyclic amines) is 2. The van der Waals surface area contributed by atoms with E-state index < -0.39 is 0 Å². The lowest BCUT2D eigenvalue weighted by molar-refractivity contribution is -0.125. The Bertz CT molecular complexity index is 574. The van der Waals surface area contributed by atoms with E-state index in [-0.39, 0.29) is 0 Å². The molecule has 1 spiro atoms. The maximum atomic E-state index is 4.64. The van der Waals surface area contributed by atoms with E-state index in [4.69, 9.17) is 0 Å². The van der Waals surface area contributed by atoms with Crippen LogP contribution in [0.1, 0.15) is 81.5 Å². The fourth-order valence-electron chi connectivity index (χ4n) is 5.15. The molecule has 0 amide bonds. The van der Waals surface area contributed by atoms with Gasteiger partial charge in [0, 0.05) is 42.2 Å². The number of hydrogen-bond donors (Lipinski definition) is 0. The van der Waals surface area contributed by atoms with Gasteiger partial charge in [-0.25, -0.2) is 4.98 Å². The highest BCUT2D eigenvalue weighted by Gasteiger charge is 2.54. The maximum Gasteiger partial charge on any atom is 0.0953 e. The molecule has 3 aliphatic rings. The van der Waals surface area contributed by atoms with Crippen molar-refractivity contribution in [3.8, 4) is 0 Å². The molecule has 1 unspecified atom stereocenters. The van der Waals surface area contributed by atoms with Gasteiger partial charge < -0.3 is 4.90 Å². The average Bonchev–Trinajstić information content (AvgIpc) is 3.02. The molecule has 140 valence electrons. The average molecular weight is 362 g/mol. The first kappa shape index (κ1) is 17.9. The normalized spacial score (nSPS) is 26.8. The van der Waals surface area contributed by atoms with E-state index in [0.717, 1.165) is 18.0 Å². The van der Waals surface area contributed by atoms with E-state index in [1.54, 1.807) is 0 Å². The van der Waals surface area contributed by atoms with Crippen molar-refractivity contribution >= 4 is 11.3 Å². The van der Waals surface area contributed by atoms with Crippen molar-refractivity contribution in [2.45, 2.75) is 83.7 Å². The standard InChI is InChI=1S/C21H35N3S/c1-5-16(4)24-13-21(14-24)10-18(11-21)23-8-6-17(7-9-23)19-12-22-20(25-19)15(2)3/h12,15-18H,5-11,13-14H2,1-4H3. The van der Waals surface area contributed by atoms with Gasteiger partial charge in [-0.05, 0) is 63.5 Å². The summed E-state index contributed by atoms with van der Waals surface area (Å²) < 4.78 is 0. The first-order chi connectivity index (χ1) is 12.0. The molecule has 1 aromatic heterocycles. The van der Waals surface area contributed by atoms with Crippen LogP contribution in [-0.2, 0) is 0 Å². The first-order valence-electron chi connectivity index (χ1n) is 10.4. The minimum absolute atomic E-state index is 0.572. The highest BCUT2D eigenvalue weighted by molar-refractivity contribution is 7.11. The van der Waals surface area contributed by atoms with Gasteiger partial charge in [0.25, 0.3) is 0 Å². The summed E-state index contributed by atoms with van der Waals surface area (Å²) >= 11 is 1.96. The van der Waals surface area contributed by atoms with Gasteiger partial charge in [-0.15, -0.1) is 11.3 Å². The SMILES string of the molecule is CCC(C)N1CC2(CC(N3CCC(c4cnc(C(C)C)s4)CC3)C2)C1. The molecule has 4 rings (SSSR count). The van der Waals surface area contributed by atoms with Gasteiger partial charge in [0.05, 0.1) is 5.01 Å². The smallest absolute Gasteiger partial charge is 0.0953 e. The van der Waals surface area contributed by atoms with Crippen LogP contribution in [0, 0.1) is 5.41 Å². The van der Waals surface area contributed by atoms with Crippen LogP contribution < -0.4 is 0 Å². The first-order valence-corrected chi connectivity index (χ1v) is 11.2. The molecule has 25 heavy (non-hydrogen) atoms. The molecule has 4 heteroatoms. The quantitative estimate of drug-likeness (QED) is 0.757. The largest absolute Gasteiger partial charge is 0.300 e. The number of nitrogens with zero attached hydrogens (tertiary/aromatic N) is 3. The molecule has 2 saturated heterocycles. The molecule has 0 N–H and O–H groups in total. The van der Waals surface area contributed by atoms with Gasteiger partial charge in [-0.3, -0.25) is 4.90 Å². The van der Waals surface area contributed by atoms with E-state index in [9.17, 15) is 0 Å². The molecule has 1 atom stereocenters. The molecule has 0 aromatic carbocycles. The summed E-state index contributed by atoms with van der Waals surface area (Å²) in [6.07, 6.45) is 9.05. The van der Waals surface area contributed by atoms with Crippen LogP contribution in [0.15, 0.2) is 6.20 Å². The minimum Gasteiger partial charge on any atom is -0.300 e. The van der Waals surface area contributed by atoms with Crippen molar-refractivity contribution in [1.82, 2.24) is 14.8 Å². The number of hydrogen-bond acceptors (Lipinski definition) is 4. The van der Waals surface area contributed by atoms with Crippen LogP contribution in [0.25, 0.3) is 0 Å². The summed E-state index contributed by atoms with van der Waals surface area (Å²) in [4.78, 5) is 11.7. The van der Waals surface area contributed by atoms with Crippen LogP contribution in [-0.4, -0.2) is 53.0 Å². The van der Waals surface area contributed by atoms with Crippen molar-refractivity contribution < 1.29 is 0 Å². The zero-order valence-electron chi connectivity index (χ0n) is 16.5. The molecule has 0 radical (unpaired) electrons. The lowest BCUT2D eigenvalue weighted by Gasteiger charge is -2.63. The van der Waals surface area contributed by atoms with Crippen LogP contribution in [0.3, 0.4) is 0 Å². The molecule has 1 aromatic rings. The summed E-state index contributed by atoms with van der Waals surface area (Å²) in [7, 11) is 0. The van der Waals surface area contributed by atoms with Gasteiger partial charge in [0.2, 0.25) is 0 Å². The monoisotopic (exact) mass is 361 g/mol. The molecular formula is C21H35N3S. The summed E-state index contributed by atoms with van der Waals surface area (Å²) in [5.41, 5.74) is 0.703. The van der Waals surface area contributed by atoms with Crippen LogP contribution in [0.2, 0.25) is 0 Å². The Morgan fingerprint density at radius 1 is 1.20 bits per heavy atom. The Hall–Kier alpha value is -0.450. The number of aromatic nitrogens is 1. The lowest BCUT2D eigenvalue weighted by atomic mass is 9.59. The second-order valence-electron chi connectivity index (χ2n) is 9.29. The Morgan fingerprint density at radius 2 is 1.88 bits per heavy atom. The predicted octanol–water partition coefficient (Wildman–Crippen LogP) is 4.71. The van der Waals surface area contributed by atoms with Gasteiger partial charge in [0.1, 0.15) is 0 Å². The zero-order chi connectivity index (χ0) is 17.6. The van der Waals surface area contributed by atoms with Crippen LogP contribution in [0.4, 0.5) is 0 Å². The third kappa shape index (κ3) is 3.42. The topological polar surface area (TPSA) is 19.4 Å². The molecule has 0 bridgehead atoms. The zero-order valence-corrected chi connectivity index (χ0v) is 17.3. The molecule has 1 aliphatic carbocycles. The molecule has 2 aliphatic heterocycles.